The molecule has 2 nitrogen and oxygen atoms in total. The van der Waals surface area contributed by atoms with Gasteiger partial charge >= 0.3 is 0 Å². The van der Waals surface area contributed by atoms with Gasteiger partial charge in [-0.2, -0.15) is 0 Å². The van der Waals surface area contributed by atoms with Gasteiger partial charge in [-0.3, -0.25) is 0 Å². The van der Waals surface area contributed by atoms with E-state index in [1.807, 2.05) is 0 Å². The fraction of sp³-hybridized carbons (Fsp3) is 0.419. The molecule has 0 aromatic heterocycles. The molecule has 0 spiro atoms. The second kappa shape index (κ2) is 14.4. The maximum Gasteiger partial charge on any atom is 0.119 e. The van der Waals surface area contributed by atoms with Crippen LogP contribution in [0.15, 0.2) is 78.9 Å². The fourth-order valence-corrected chi connectivity index (χ4v) is 4.18. The summed E-state index contributed by atoms with van der Waals surface area (Å²) < 4.78 is 5.96. The van der Waals surface area contributed by atoms with Crippen molar-refractivity contribution in [3.05, 3.63) is 84.4 Å². The Kier molecular flexibility index (Phi) is 10.9. The smallest absolute Gasteiger partial charge is 0.119 e. The maximum atomic E-state index is 5.96. The topological polar surface area (TPSA) is 12.5 Å². The summed E-state index contributed by atoms with van der Waals surface area (Å²) in [6, 6.07) is 28.2. The van der Waals surface area contributed by atoms with Crippen molar-refractivity contribution < 1.29 is 4.74 Å². The molecule has 0 aliphatic carbocycles. The van der Waals surface area contributed by atoms with E-state index in [4.69, 9.17) is 4.74 Å². The second-order valence-electron chi connectivity index (χ2n) is 8.90. The monoisotopic (exact) mass is 443 g/mol. The minimum absolute atomic E-state index is 0.793. The first-order valence-electron chi connectivity index (χ1n) is 13.0. The lowest BCUT2D eigenvalue weighted by molar-refractivity contribution is 0.305. The highest BCUT2D eigenvalue weighted by Crippen LogP contribution is 2.35. The number of nitrogens with zero attached hydrogens (tertiary/aromatic N) is 1. The highest BCUT2D eigenvalue weighted by molar-refractivity contribution is 5.76. The zero-order chi connectivity index (χ0) is 23.1. The minimum atomic E-state index is 0.793. The number of ether oxygens (including phenoxy) is 1. The molecule has 3 aromatic rings. The number of para-hydroxylation sites is 1. The number of rotatable bonds is 15. The summed E-state index contributed by atoms with van der Waals surface area (Å²) in [5, 5.41) is 0. The van der Waals surface area contributed by atoms with Crippen LogP contribution in [-0.2, 0) is 6.42 Å². The Balaban J connectivity index is 1.68. The molecular weight excluding hydrogens is 402 g/mol. The molecule has 0 heterocycles. The molecule has 2 heteroatoms. The molecule has 0 atom stereocenters. The average molecular weight is 444 g/mol. The van der Waals surface area contributed by atoms with E-state index in [0.717, 1.165) is 30.2 Å². The minimum Gasteiger partial charge on any atom is -0.494 e. The van der Waals surface area contributed by atoms with Crippen LogP contribution < -0.4 is 9.64 Å². The molecule has 0 aliphatic heterocycles. The van der Waals surface area contributed by atoms with Crippen LogP contribution in [0.1, 0.15) is 77.2 Å². The lowest BCUT2D eigenvalue weighted by Crippen LogP contribution is -2.10. The predicted molar refractivity (Wildman–Crippen MR) is 143 cm³/mol. The molecule has 0 radical (unpaired) electrons. The molecule has 3 aromatic carbocycles. The quantitative estimate of drug-likeness (QED) is 0.217. The van der Waals surface area contributed by atoms with Crippen molar-refractivity contribution in [1.82, 2.24) is 0 Å². The first kappa shape index (κ1) is 24.9. The standard InChI is InChI=1S/C31H41NO/c1-3-5-7-9-11-15-27-18-20-29(21-19-27)32(28-16-12-10-13-17-28)30-22-24-31(25-23-30)33-26-14-8-6-4-2/h10,12-13,16-25H,3-9,11,14-15,26H2,1-2H3. The average Bonchev–Trinajstić information content (AvgIpc) is 2.86. The van der Waals surface area contributed by atoms with Crippen LogP contribution in [0.3, 0.4) is 0 Å². The molecule has 0 unspecified atom stereocenters. The molecule has 0 aliphatic rings. The van der Waals surface area contributed by atoms with Crippen LogP contribution >= 0.6 is 0 Å². The molecule has 0 fully saturated rings. The predicted octanol–water partition coefficient (Wildman–Crippen LogP) is 9.63. The van der Waals surface area contributed by atoms with Gasteiger partial charge in [0.2, 0.25) is 0 Å². The van der Waals surface area contributed by atoms with Gasteiger partial charge in [0.05, 0.1) is 6.61 Å². The number of anilines is 3. The van der Waals surface area contributed by atoms with E-state index in [1.165, 1.54) is 69.0 Å². The Labute approximate surface area is 201 Å². The van der Waals surface area contributed by atoms with Crippen molar-refractivity contribution in [2.24, 2.45) is 0 Å². The van der Waals surface area contributed by atoms with E-state index in [-0.39, 0.29) is 0 Å². The molecular formula is C31H41NO. The highest BCUT2D eigenvalue weighted by atomic mass is 16.5. The zero-order valence-electron chi connectivity index (χ0n) is 20.6. The highest BCUT2D eigenvalue weighted by Gasteiger charge is 2.12. The lowest BCUT2D eigenvalue weighted by atomic mass is 10.0. The maximum absolute atomic E-state index is 5.96. The van der Waals surface area contributed by atoms with Crippen molar-refractivity contribution in [3.63, 3.8) is 0 Å². The number of hydrogen-bond donors (Lipinski definition) is 0. The van der Waals surface area contributed by atoms with Crippen LogP contribution in [0.4, 0.5) is 17.1 Å². The molecule has 33 heavy (non-hydrogen) atoms. The van der Waals surface area contributed by atoms with Crippen molar-refractivity contribution in [2.75, 3.05) is 11.5 Å². The summed E-state index contributed by atoms with van der Waals surface area (Å²) in [7, 11) is 0. The lowest BCUT2D eigenvalue weighted by Gasteiger charge is -2.26. The van der Waals surface area contributed by atoms with Crippen LogP contribution in [0.2, 0.25) is 0 Å². The van der Waals surface area contributed by atoms with E-state index in [9.17, 15) is 0 Å². The second-order valence-corrected chi connectivity index (χ2v) is 8.90. The summed E-state index contributed by atoms with van der Waals surface area (Å²) in [4.78, 5) is 2.32. The Hall–Kier alpha value is -2.74. The molecule has 176 valence electrons. The van der Waals surface area contributed by atoms with E-state index in [1.54, 1.807) is 0 Å². The number of aryl methyl sites for hydroxylation is 1. The van der Waals surface area contributed by atoms with E-state index < -0.39 is 0 Å². The van der Waals surface area contributed by atoms with Crippen molar-refractivity contribution >= 4 is 17.1 Å². The first-order chi connectivity index (χ1) is 16.3. The number of unbranched alkanes of at least 4 members (excludes halogenated alkanes) is 7. The molecule has 0 bridgehead atoms. The van der Waals surface area contributed by atoms with Gasteiger partial charge in [-0.05, 0) is 73.4 Å². The van der Waals surface area contributed by atoms with E-state index in [2.05, 4.69) is 97.6 Å². The molecule has 0 amide bonds. The van der Waals surface area contributed by atoms with E-state index >= 15 is 0 Å². The summed E-state index contributed by atoms with van der Waals surface area (Å²) in [5.74, 6) is 0.946. The zero-order valence-corrected chi connectivity index (χ0v) is 20.6. The van der Waals surface area contributed by atoms with Gasteiger partial charge in [0.25, 0.3) is 0 Å². The van der Waals surface area contributed by atoms with Gasteiger partial charge in [-0.15, -0.1) is 0 Å². The van der Waals surface area contributed by atoms with E-state index in [0.29, 0.717) is 0 Å². The normalized spacial score (nSPS) is 10.8. The Morgan fingerprint density at radius 2 is 1.09 bits per heavy atom. The van der Waals surface area contributed by atoms with Crippen molar-refractivity contribution in [2.45, 2.75) is 78.1 Å². The van der Waals surface area contributed by atoms with Gasteiger partial charge in [-0.1, -0.05) is 89.1 Å². The fourth-order valence-electron chi connectivity index (χ4n) is 4.18. The molecule has 3 rings (SSSR count). The first-order valence-corrected chi connectivity index (χ1v) is 13.0. The Bertz CT molecular complexity index is 829. The van der Waals surface area contributed by atoms with Crippen LogP contribution in [0.25, 0.3) is 0 Å². The number of benzene rings is 3. The van der Waals surface area contributed by atoms with Gasteiger partial charge in [0.1, 0.15) is 5.75 Å². The van der Waals surface area contributed by atoms with Gasteiger partial charge < -0.3 is 9.64 Å². The Morgan fingerprint density at radius 3 is 1.73 bits per heavy atom. The van der Waals surface area contributed by atoms with Crippen molar-refractivity contribution in [3.8, 4) is 5.75 Å². The third-order valence-corrected chi connectivity index (χ3v) is 6.14. The van der Waals surface area contributed by atoms with Gasteiger partial charge in [-0.25, -0.2) is 0 Å². The van der Waals surface area contributed by atoms with Gasteiger partial charge in [0, 0.05) is 17.1 Å². The molecule has 0 saturated carbocycles. The Morgan fingerprint density at radius 1 is 0.545 bits per heavy atom. The third-order valence-electron chi connectivity index (χ3n) is 6.14. The summed E-state index contributed by atoms with van der Waals surface area (Å²) in [5.41, 5.74) is 4.92. The van der Waals surface area contributed by atoms with Crippen LogP contribution in [0.5, 0.6) is 5.75 Å². The SMILES string of the molecule is CCCCCCCc1ccc(N(c2ccccc2)c2ccc(OCCCCCC)cc2)cc1. The molecule has 0 saturated heterocycles. The summed E-state index contributed by atoms with van der Waals surface area (Å²) >= 11 is 0. The third kappa shape index (κ3) is 8.28. The van der Waals surface area contributed by atoms with Gasteiger partial charge in [0.15, 0.2) is 0 Å². The number of hydrogen-bond acceptors (Lipinski definition) is 2. The van der Waals surface area contributed by atoms with Crippen molar-refractivity contribution in [1.29, 1.82) is 0 Å². The summed E-state index contributed by atoms with van der Waals surface area (Å²) in [6.45, 7) is 5.30. The van der Waals surface area contributed by atoms with Crippen LogP contribution in [-0.4, -0.2) is 6.61 Å². The summed E-state index contributed by atoms with van der Waals surface area (Å²) in [6.07, 6.45) is 12.7. The molecule has 0 N–H and O–H groups in total. The largest absolute Gasteiger partial charge is 0.494 e. The van der Waals surface area contributed by atoms with Crippen LogP contribution in [0, 0.1) is 0 Å².